The van der Waals surface area contributed by atoms with Crippen molar-refractivity contribution in [3.05, 3.63) is 58.9 Å². The molecule has 1 saturated heterocycles. The molecule has 0 radical (unpaired) electrons. The molecule has 2 N–H and O–H groups in total. The third kappa shape index (κ3) is 7.04. The van der Waals surface area contributed by atoms with Crippen LogP contribution in [0.5, 0.6) is 0 Å². The molecule has 29 heavy (non-hydrogen) atoms. The quantitative estimate of drug-likeness (QED) is 0.615. The van der Waals surface area contributed by atoms with Crippen molar-refractivity contribution in [2.45, 2.75) is 48.6 Å². The summed E-state index contributed by atoms with van der Waals surface area (Å²) in [5.74, 6) is -2.37. The van der Waals surface area contributed by atoms with E-state index in [0.29, 0.717) is 5.92 Å². The Bertz CT molecular complexity index is 849. The third-order valence-electron chi connectivity index (χ3n) is 4.70. The van der Waals surface area contributed by atoms with Crippen LogP contribution in [0.3, 0.4) is 0 Å². The summed E-state index contributed by atoms with van der Waals surface area (Å²) >= 11 is 1.68. The molecule has 0 bridgehead atoms. The molecule has 0 amide bonds. The Morgan fingerprint density at radius 1 is 1.07 bits per heavy atom. The van der Waals surface area contributed by atoms with Crippen molar-refractivity contribution in [1.29, 1.82) is 0 Å². The maximum atomic E-state index is 13.7. The molecule has 158 valence electrons. The van der Waals surface area contributed by atoms with E-state index in [1.165, 1.54) is 21.6 Å². The maximum absolute atomic E-state index is 13.7. The van der Waals surface area contributed by atoms with Gasteiger partial charge in [-0.3, -0.25) is 0 Å². The highest BCUT2D eigenvalue weighted by molar-refractivity contribution is 7.99. The molecule has 1 aliphatic rings. The van der Waals surface area contributed by atoms with Crippen LogP contribution >= 0.6 is 11.8 Å². The first-order chi connectivity index (χ1) is 13.6. The van der Waals surface area contributed by atoms with Crippen molar-refractivity contribution in [2.75, 3.05) is 13.1 Å². The highest BCUT2D eigenvalue weighted by atomic mass is 32.2. The Balaban J connectivity index is 0.000000370. The molecular weight excluding hydrogens is 406 g/mol. The predicted octanol–water partition coefficient (Wildman–Crippen LogP) is 5.69. The summed E-state index contributed by atoms with van der Waals surface area (Å²) in [6.45, 7) is 6.34. The number of piperidine rings is 1. The number of aliphatic carboxylic acids is 1. The Morgan fingerprint density at radius 3 is 2.24 bits per heavy atom. The van der Waals surface area contributed by atoms with E-state index in [4.69, 9.17) is 9.90 Å². The van der Waals surface area contributed by atoms with Gasteiger partial charge in [0, 0.05) is 9.79 Å². The first-order valence-corrected chi connectivity index (χ1v) is 9.95. The molecule has 2 aromatic rings. The summed E-state index contributed by atoms with van der Waals surface area (Å²) < 4.78 is 45.5. The first-order valence-electron chi connectivity index (χ1n) is 9.13. The summed E-state index contributed by atoms with van der Waals surface area (Å²) in [5, 5.41) is 10.5. The number of hydrogen-bond acceptors (Lipinski definition) is 3. The molecule has 0 spiro atoms. The normalized spacial score (nSPS) is 14.8. The summed E-state index contributed by atoms with van der Waals surface area (Å²) in [4.78, 5) is 11.1. The van der Waals surface area contributed by atoms with Crippen molar-refractivity contribution < 1.29 is 27.5 Å². The first kappa shape index (κ1) is 23.2. The molecule has 8 heteroatoms. The number of carboxylic acid groups (broad SMARTS) is 1. The van der Waals surface area contributed by atoms with Gasteiger partial charge in [-0.2, -0.15) is 13.2 Å². The minimum atomic E-state index is -5.08. The SMILES string of the molecule is Cc1ccc(Sc2cc(F)ccc2C2CCNCC2)cc1C.O=C(O)C(F)(F)F. The second-order valence-corrected chi connectivity index (χ2v) is 7.97. The lowest BCUT2D eigenvalue weighted by molar-refractivity contribution is -0.192. The molecule has 0 aromatic heterocycles. The number of carboxylic acids is 1. The molecule has 0 unspecified atom stereocenters. The van der Waals surface area contributed by atoms with Gasteiger partial charge in [-0.15, -0.1) is 0 Å². The number of hydrogen-bond donors (Lipinski definition) is 2. The van der Waals surface area contributed by atoms with Gasteiger partial charge in [0.2, 0.25) is 0 Å². The smallest absolute Gasteiger partial charge is 0.475 e. The number of alkyl halides is 3. The van der Waals surface area contributed by atoms with Crippen LogP contribution in [0, 0.1) is 19.7 Å². The minimum absolute atomic E-state index is 0.149. The monoisotopic (exact) mass is 429 g/mol. The van der Waals surface area contributed by atoms with E-state index in [9.17, 15) is 17.6 Å². The van der Waals surface area contributed by atoms with Crippen LogP contribution in [-0.4, -0.2) is 30.3 Å². The zero-order chi connectivity index (χ0) is 21.6. The molecule has 0 aliphatic carbocycles. The number of benzene rings is 2. The van der Waals surface area contributed by atoms with Crippen molar-refractivity contribution in [3.8, 4) is 0 Å². The van der Waals surface area contributed by atoms with E-state index >= 15 is 0 Å². The van der Waals surface area contributed by atoms with Gasteiger partial charge in [-0.25, -0.2) is 9.18 Å². The van der Waals surface area contributed by atoms with Gasteiger partial charge in [0.25, 0.3) is 0 Å². The van der Waals surface area contributed by atoms with Crippen LogP contribution < -0.4 is 5.32 Å². The largest absolute Gasteiger partial charge is 0.490 e. The second-order valence-electron chi connectivity index (χ2n) is 6.86. The third-order valence-corrected chi connectivity index (χ3v) is 5.77. The standard InChI is InChI=1S/C19H22FNS.C2HF3O2/c1-13-3-5-17(11-14(13)2)22-19-12-16(20)4-6-18(19)15-7-9-21-10-8-15;3-2(4,5)1(6)7/h3-6,11-12,15,21H,7-10H2,1-2H3;(H,6,7). The Hall–Kier alpha value is -2.06. The highest BCUT2D eigenvalue weighted by Gasteiger charge is 2.38. The summed E-state index contributed by atoms with van der Waals surface area (Å²) in [6.07, 6.45) is -2.82. The lowest BCUT2D eigenvalue weighted by Gasteiger charge is -2.25. The number of rotatable bonds is 3. The molecule has 0 saturated carbocycles. The highest BCUT2D eigenvalue weighted by Crippen LogP contribution is 2.38. The Labute approximate surface area is 171 Å². The van der Waals surface area contributed by atoms with Crippen LogP contribution in [0.4, 0.5) is 17.6 Å². The van der Waals surface area contributed by atoms with Crippen molar-refractivity contribution in [2.24, 2.45) is 0 Å². The average Bonchev–Trinajstić information content (AvgIpc) is 2.65. The van der Waals surface area contributed by atoms with Crippen LogP contribution in [0.2, 0.25) is 0 Å². The zero-order valence-electron chi connectivity index (χ0n) is 16.1. The minimum Gasteiger partial charge on any atom is -0.475 e. The van der Waals surface area contributed by atoms with E-state index in [2.05, 4.69) is 37.4 Å². The fraction of sp³-hybridized carbons (Fsp3) is 0.381. The van der Waals surface area contributed by atoms with Crippen molar-refractivity contribution in [1.82, 2.24) is 5.32 Å². The lowest BCUT2D eigenvalue weighted by atomic mass is 9.90. The zero-order valence-corrected chi connectivity index (χ0v) is 17.0. The molecule has 3 nitrogen and oxygen atoms in total. The van der Waals surface area contributed by atoms with Gasteiger partial charge in [0.15, 0.2) is 0 Å². The van der Waals surface area contributed by atoms with Gasteiger partial charge in [0.1, 0.15) is 5.82 Å². The molecule has 0 atom stereocenters. The molecule has 1 aliphatic heterocycles. The molecule has 1 fully saturated rings. The molecule has 2 aromatic carbocycles. The van der Waals surface area contributed by atoms with Crippen LogP contribution in [0.15, 0.2) is 46.2 Å². The summed E-state index contributed by atoms with van der Waals surface area (Å²) in [5.41, 5.74) is 3.87. The van der Waals surface area contributed by atoms with E-state index in [-0.39, 0.29) is 5.82 Å². The van der Waals surface area contributed by atoms with Crippen molar-refractivity contribution in [3.63, 3.8) is 0 Å². The van der Waals surface area contributed by atoms with Gasteiger partial charge in [-0.05, 0) is 86.7 Å². The van der Waals surface area contributed by atoms with Gasteiger partial charge >= 0.3 is 12.1 Å². The second kappa shape index (κ2) is 10.1. The van der Waals surface area contributed by atoms with Crippen LogP contribution in [-0.2, 0) is 4.79 Å². The fourth-order valence-corrected chi connectivity index (χ4v) is 4.12. The number of carbonyl (C=O) groups is 1. The van der Waals surface area contributed by atoms with Crippen LogP contribution in [0.25, 0.3) is 0 Å². The number of nitrogens with one attached hydrogen (secondary N) is 1. The Kier molecular flexibility index (Phi) is 8.10. The maximum Gasteiger partial charge on any atom is 0.490 e. The molecule has 1 heterocycles. The molecular formula is C21H23F4NO2S. The van der Waals surface area contributed by atoms with Crippen LogP contribution in [0.1, 0.15) is 35.4 Å². The topological polar surface area (TPSA) is 49.3 Å². The lowest BCUT2D eigenvalue weighted by Crippen LogP contribution is -2.26. The number of halogens is 4. The summed E-state index contributed by atoms with van der Waals surface area (Å²) in [7, 11) is 0. The van der Waals surface area contributed by atoms with E-state index in [1.54, 1.807) is 23.9 Å². The van der Waals surface area contributed by atoms with Gasteiger partial charge in [0.05, 0.1) is 0 Å². The number of aryl methyl sites for hydroxylation is 2. The van der Waals surface area contributed by atoms with Gasteiger partial charge in [-0.1, -0.05) is 23.9 Å². The predicted molar refractivity (Wildman–Crippen MR) is 105 cm³/mol. The van der Waals surface area contributed by atoms with Crippen molar-refractivity contribution >= 4 is 17.7 Å². The Morgan fingerprint density at radius 2 is 1.69 bits per heavy atom. The van der Waals surface area contributed by atoms with Gasteiger partial charge < -0.3 is 10.4 Å². The van der Waals surface area contributed by atoms with E-state index in [1.807, 2.05) is 6.07 Å². The fourth-order valence-electron chi connectivity index (χ4n) is 2.97. The average molecular weight is 429 g/mol. The van der Waals surface area contributed by atoms with E-state index < -0.39 is 12.1 Å². The summed E-state index contributed by atoms with van der Waals surface area (Å²) in [6, 6.07) is 11.7. The molecule has 3 rings (SSSR count). The van der Waals surface area contributed by atoms with E-state index in [0.717, 1.165) is 30.8 Å².